The van der Waals surface area contributed by atoms with Gasteiger partial charge in [0.05, 0.1) is 18.1 Å². The maximum absolute atomic E-state index is 14.3. The highest BCUT2D eigenvalue weighted by Gasteiger charge is 2.37. The van der Waals surface area contributed by atoms with E-state index in [0.717, 1.165) is 29.5 Å². The Hall–Kier alpha value is -8.64. The zero-order valence-corrected chi connectivity index (χ0v) is 49.3. The van der Waals surface area contributed by atoms with Gasteiger partial charge in [0.15, 0.2) is 11.6 Å². The van der Waals surface area contributed by atoms with Crippen LogP contribution >= 0.6 is 0 Å². The number of halogens is 2. The molecule has 6 aromatic rings. The Morgan fingerprint density at radius 2 is 1.00 bits per heavy atom. The molecule has 0 aliphatic carbocycles. The van der Waals surface area contributed by atoms with Crippen LogP contribution in [0.25, 0.3) is 11.1 Å². The number of amides is 5. The summed E-state index contributed by atoms with van der Waals surface area (Å²) < 4.78 is 27.1. The molecule has 0 unspecified atom stereocenters. The SMILES string of the molecule is CC[C@@H](C)C(=O)N[C@@H](CCCCNC(=O)c1ccc(-c2ccc(C(=O)NCCCC[C@H](CC(=O)[C@H](C)NC)C(=O)N3CCC[C@H]3c3cncc(C(=O)c4ccc(F)cc4)c3)cc2)cc1)C(=O)N1CCC[C@H]1c1cncc(C(=O)c2ccc(F)cc2)c1. The molecule has 8 rings (SSSR count). The number of aromatic nitrogens is 2. The zero-order valence-electron chi connectivity index (χ0n) is 49.3. The molecule has 5 amide bonds. The largest absolute Gasteiger partial charge is 0.352 e. The first kappa shape index (κ1) is 63.4. The van der Waals surface area contributed by atoms with Crippen molar-refractivity contribution in [2.75, 3.05) is 33.2 Å². The summed E-state index contributed by atoms with van der Waals surface area (Å²) in [4.78, 5) is 120. The molecule has 16 nitrogen and oxygen atoms in total. The minimum atomic E-state index is -0.795. The number of likely N-dealkylation sites (tertiary alicyclic amines) is 2. The van der Waals surface area contributed by atoms with Crippen LogP contribution in [0.5, 0.6) is 0 Å². The average molecular weight is 1170 g/mol. The highest BCUT2D eigenvalue weighted by molar-refractivity contribution is 6.09. The molecule has 2 aromatic heterocycles. The Balaban J connectivity index is 0.787. The van der Waals surface area contributed by atoms with Gasteiger partial charge in [-0.05, 0) is 185 Å². The van der Waals surface area contributed by atoms with Crippen molar-refractivity contribution in [2.45, 2.75) is 122 Å². The normalized spacial score (nSPS) is 16.2. The number of hydrogen-bond acceptors (Lipinski definition) is 11. The van der Waals surface area contributed by atoms with Crippen molar-refractivity contribution in [3.05, 3.63) is 190 Å². The van der Waals surface area contributed by atoms with Gasteiger partial charge >= 0.3 is 0 Å². The lowest BCUT2D eigenvalue weighted by molar-refractivity contribution is -0.139. The van der Waals surface area contributed by atoms with Crippen LogP contribution < -0.4 is 21.3 Å². The van der Waals surface area contributed by atoms with Crippen molar-refractivity contribution < 1.29 is 47.1 Å². The second-order valence-electron chi connectivity index (χ2n) is 22.5. The van der Waals surface area contributed by atoms with E-state index in [0.29, 0.717) is 123 Å². The number of carbonyl (C=O) groups excluding carboxylic acids is 8. The molecule has 86 heavy (non-hydrogen) atoms. The lowest BCUT2D eigenvalue weighted by atomic mass is 9.91. The number of Topliss-reactive ketones (excluding diaryl/α,β-unsaturated/α-hetero) is 1. The van der Waals surface area contributed by atoms with Crippen molar-refractivity contribution in [1.29, 1.82) is 0 Å². The van der Waals surface area contributed by atoms with E-state index in [1.165, 1.54) is 60.9 Å². The molecule has 18 heteroatoms. The Morgan fingerprint density at radius 3 is 1.45 bits per heavy atom. The fourth-order valence-electron chi connectivity index (χ4n) is 11.1. The Kier molecular flexibility index (Phi) is 22.4. The topological polar surface area (TPSA) is 217 Å². The van der Waals surface area contributed by atoms with Crippen LogP contribution in [0.3, 0.4) is 0 Å². The highest BCUT2D eigenvalue weighted by Crippen LogP contribution is 2.36. The van der Waals surface area contributed by atoms with Crippen molar-refractivity contribution >= 4 is 46.9 Å². The molecule has 0 bridgehead atoms. The number of carbonyl (C=O) groups is 8. The van der Waals surface area contributed by atoms with Gasteiger partial charge < -0.3 is 31.1 Å². The summed E-state index contributed by atoms with van der Waals surface area (Å²) in [6.07, 6.45) is 12.7. The average Bonchev–Trinajstić information content (AvgIpc) is 2.80. The van der Waals surface area contributed by atoms with E-state index in [2.05, 4.69) is 31.2 Å². The Bertz CT molecular complexity index is 3140. The standard InChI is InChI=1S/C68H76F2N8O8/c1-5-43(2)64(82)76-58(68(86)78-35-11-15-60(78)53-37-55(42-73-40-53)63(81)48-26-30-57(70)31-27-48)13-7-9-33-75-66(84)50-22-18-46(19-23-50)45-16-20-49(21-17-45)65(83)74-32-8-6-12-51(38-61(79)44(3)71-4)67(85)77-34-10-14-59(77)52-36-54(41-72-39-52)62(80)47-24-28-56(69)29-25-47/h16-31,36-37,39-44,51,58-60,71H,5-15,32-35,38H2,1-4H3,(H,74,83)(H,75,84)(H,76,82)/t43-,44+,51-,58+,59+,60+/m1/s1. The van der Waals surface area contributed by atoms with E-state index in [1.54, 1.807) is 72.6 Å². The Labute approximate surface area is 501 Å². The molecule has 2 saturated heterocycles. The van der Waals surface area contributed by atoms with Crippen LogP contribution in [-0.4, -0.2) is 112 Å². The van der Waals surface area contributed by atoms with Gasteiger partial charge in [0.2, 0.25) is 17.7 Å². The summed E-state index contributed by atoms with van der Waals surface area (Å²) in [5.74, 6) is -3.53. The molecule has 6 atom stereocenters. The van der Waals surface area contributed by atoms with E-state index < -0.39 is 29.6 Å². The van der Waals surface area contributed by atoms with Crippen LogP contribution in [0, 0.1) is 23.5 Å². The van der Waals surface area contributed by atoms with Crippen LogP contribution in [0.15, 0.2) is 134 Å². The molecule has 4 heterocycles. The number of nitrogens with zero attached hydrogens (tertiary/aromatic N) is 4. The molecule has 4 aromatic carbocycles. The third kappa shape index (κ3) is 16.4. The molecule has 0 saturated carbocycles. The van der Waals surface area contributed by atoms with Crippen LogP contribution in [-0.2, 0) is 19.2 Å². The van der Waals surface area contributed by atoms with Crippen molar-refractivity contribution in [3.8, 4) is 11.1 Å². The van der Waals surface area contributed by atoms with Gasteiger partial charge in [0.1, 0.15) is 23.5 Å². The van der Waals surface area contributed by atoms with Gasteiger partial charge in [-0.25, -0.2) is 8.78 Å². The van der Waals surface area contributed by atoms with Gasteiger partial charge in [-0.2, -0.15) is 0 Å². The number of likely N-dealkylation sites (N-methyl/N-ethyl adjacent to an activating group) is 1. The first-order chi connectivity index (χ1) is 41.5. The second kappa shape index (κ2) is 30.4. The number of pyridine rings is 2. The van der Waals surface area contributed by atoms with E-state index in [4.69, 9.17) is 0 Å². The number of ketones is 3. The number of benzene rings is 4. The van der Waals surface area contributed by atoms with Crippen molar-refractivity contribution in [1.82, 2.24) is 41.0 Å². The van der Waals surface area contributed by atoms with E-state index in [-0.39, 0.29) is 71.3 Å². The van der Waals surface area contributed by atoms with Gasteiger partial charge in [-0.3, -0.25) is 48.3 Å². The summed E-state index contributed by atoms with van der Waals surface area (Å²) >= 11 is 0. The third-order valence-electron chi connectivity index (χ3n) is 16.6. The fourth-order valence-corrected chi connectivity index (χ4v) is 11.1. The van der Waals surface area contributed by atoms with E-state index in [9.17, 15) is 47.1 Å². The summed E-state index contributed by atoms with van der Waals surface area (Å²) in [5, 5.41) is 11.9. The van der Waals surface area contributed by atoms with Gasteiger partial charge in [0.25, 0.3) is 11.8 Å². The van der Waals surface area contributed by atoms with Gasteiger partial charge in [0, 0.05) is 103 Å². The van der Waals surface area contributed by atoms with Gasteiger partial charge in [-0.15, -0.1) is 0 Å². The smallest absolute Gasteiger partial charge is 0.251 e. The highest BCUT2D eigenvalue weighted by atomic mass is 19.1. The minimum Gasteiger partial charge on any atom is -0.352 e. The number of unbranched alkanes of at least 4 members (excludes halogenated alkanes) is 2. The molecule has 0 radical (unpaired) electrons. The van der Waals surface area contributed by atoms with Crippen LogP contribution in [0.2, 0.25) is 0 Å². The maximum atomic E-state index is 14.3. The van der Waals surface area contributed by atoms with E-state index >= 15 is 0 Å². The third-order valence-corrected chi connectivity index (χ3v) is 16.6. The van der Waals surface area contributed by atoms with Crippen molar-refractivity contribution in [3.63, 3.8) is 0 Å². The lowest BCUT2D eigenvalue weighted by Crippen LogP contribution is -2.49. The summed E-state index contributed by atoms with van der Waals surface area (Å²) in [6, 6.07) is 26.5. The van der Waals surface area contributed by atoms with E-state index in [1.807, 2.05) is 38.1 Å². The zero-order chi connectivity index (χ0) is 61.3. The van der Waals surface area contributed by atoms with Gasteiger partial charge in [-0.1, -0.05) is 44.5 Å². The molecular weight excluding hydrogens is 1090 g/mol. The predicted molar refractivity (Wildman–Crippen MR) is 323 cm³/mol. The maximum Gasteiger partial charge on any atom is 0.251 e. The van der Waals surface area contributed by atoms with Crippen LogP contribution in [0.4, 0.5) is 8.78 Å². The Morgan fingerprint density at radius 1 is 0.558 bits per heavy atom. The fraction of sp³-hybridized carbons (Fsp3) is 0.382. The van der Waals surface area contributed by atoms with Crippen molar-refractivity contribution in [2.24, 2.45) is 11.8 Å². The number of hydrogen-bond donors (Lipinski definition) is 4. The summed E-state index contributed by atoms with van der Waals surface area (Å²) in [7, 11) is 1.70. The lowest BCUT2D eigenvalue weighted by Gasteiger charge is -2.30. The second-order valence-corrected chi connectivity index (χ2v) is 22.5. The first-order valence-electron chi connectivity index (χ1n) is 29.9. The molecule has 450 valence electrons. The quantitative estimate of drug-likeness (QED) is 0.0268. The first-order valence-corrected chi connectivity index (χ1v) is 29.9. The number of nitrogens with one attached hydrogen (secondary N) is 4. The molecule has 0 spiro atoms. The summed E-state index contributed by atoms with van der Waals surface area (Å²) in [6.45, 7) is 7.17. The minimum absolute atomic E-state index is 0.0592. The predicted octanol–water partition coefficient (Wildman–Crippen LogP) is 10.1. The monoisotopic (exact) mass is 1170 g/mol. The summed E-state index contributed by atoms with van der Waals surface area (Å²) in [5.41, 5.74) is 5.36. The molecule has 2 aliphatic heterocycles. The molecular formula is C68H76F2N8O8. The van der Waals surface area contributed by atoms with Crippen LogP contribution in [0.1, 0.15) is 174 Å². The molecule has 2 fully saturated rings. The number of rotatable bonds is 28. The molecule has 2 aliphatic rings. The molecule has 4 N–H and O–H groups in total.